The van der Waals surface area contributed by atoms with Crippen LogP contribution in [0.15, 0.2) is 0 Å². The van der Waals surface area contributed by atoms with E-state index in [-0.39, 0.29) is 57.4 Å². The summed E-state index contributed by atoms with van der Waals surface area (Å²) in [4.78, 5) is 23.2. The van der Waals surface area contributed by atoms with E-state index in [9.17, 15) is 14.7 Å². The van der Waals surface area contributed by atoms with Gasteiger partial charge in [0.05, 0.1) is 12.5 Å². The summed E-state index contributed by atoms with van der Waals surface area (Å²) in [5.41, 5.74) is 0. The third kappa shape index (κ3) is 9.62. The summed E-state index contributed by atoms with van der Waals surface area (Å²) in [6, 6.07) is -0.590. The first-order valence-corrected chi connectivity index (χ1v) is 5.20. The number of amides is 2. The number of aliphatic carboxylic acids is 1. The van der Waals surface area contributed by atoms with E-state index in [1.807, 2.05) is 6.92 Å². The number of nitrogens with zero attached hydrogens (tertiary/aromatic N) is 1. The second kappa shape index (κ2) is 11.1. The van der Waals surface area contributed by atoms with E-state index in [0.29, 0.717) is 19.4 Å². The molecule has 0 saturated heterocycles. The molecule has 0 aliphatic rings. The van der Waals surface area contributed by atoms with Gasteiger partial charge >= 0.3 is 57.4 Å². The Balaban J connectivity index is 0. The van der Waals surface area contributed by atoms with Gasteiger partial charge in [-0.15, -0.1) is 12.3 Å². The molecule has 90 valence electrons. The molecule has 0 aliphatic carbocycles. The number of rotatable bonds is 6. The molecule has 6 heteroatoms. The molecular formula is C11H17KN2O3. The summed E-state index contributed by atoms with van der Waals surface area (Å²) in [6.07, 6.45) is 6.20. The average molecular weight is 264 g/mol. The van der Waals surface area contributed by atoms with Crippen molar-refractivity contribution in [1.82, 2.24) is 10.2 Å². The third-order valence-electron chi connectivity index (χ3n) is 1.89. The van der Waals surface area contributed by atoms with Gasteiger partial charge in [0, 0.05) is 19.0 Å². The topological polar surface area (TPSA) is 72.5 Å². The van der Waals surface area contributed by atoms with E-state index >= 15 is 0 Å². The monoisotopic (exact) mass is 264 g/mol. The van der Waals surface area contributed by atoms with Crippen molar-refractivity contribution in [3.63, 3.8) is 0 Å². The van der Waals surface area contributed by atoms with Crippen LogP contribution in [-0.4, -0.2) is 36.0 Å². The van der Waals surface area contributed by atoms with Gasteiger partial charge < -0.3 is 20.1 Å². The van der Waals surface area contributed by atoms with Crippen molar-refractivity contribution in [1.29, 1.82) is 0 Å². The standard InChI is InChI=1S/C11H18N2O3.K/c1-4-6-9(3)12-11(16)13(7-5-2)8-10(14)15;/h1,9H,5-8H2,2-3H3,(H,12,16)(H,14,15);/q;+1/p-1. The molecule has 1 unspecified atom stereocenters. The molecule has 0 fully saturated rings. The summed E-state index contributed by atoms with van der Waals surface area (Å²) < 4.78 is 0. The summed E-state index contributed by atoms with van der Waals surface area (Å²) >= 11 is 0. The molecule has 0 bridgehead atoms. The fraction of sp³-hybridized carbons (Fsp3) is 0.636. The number of nitrogens with one attached hydrogen (secondary N) is 1. The first-order valence-electron chi connectivity index (χ1n) is 5.20. The van der Waals surface area contributed by atoms with Crippen LogP contribution >= 0.6 is 0 Å². The van der Waals surface area contributed by atoms with Crippen molar-refractivity contribution in [2.45, 2.75) is 32.7 Å². The minimum absolute atomic E-state index is 0. The van der Waals surface area contributed by atoms with E-state index in [1.54, 1.807) is 6.92 Å². The minimum atomic E-state index is -1.27. The van der Waals surface area contributed by atoms with E-state index in [4.69, 9.17) is 6.42 Å². The maximum Gasteiger partial charge on any atom is 1.00 e. The third-order valence-corrected chi connectivity index (χ3v) is 1.89. The summed E-state index contributed by atoms with van der Waals surface area (Å²) in [5.74, 6) is 1.15. The van der Waals surface area contributed by atoms with Gasteiger partial charge in [0.15, 0.2) is 0 Å². The van der Waals surface area contributed by atoms with E-state index in [0.717, 1.165) is 0 Å². The number of carbonyl (C=O) groups excluding carboxylic acids is 2. The number of carbonyl (C=O) groups is 2. The number of terminal acetylenes is 1. The molecule has 0 saturated carbocycles. The smallest absolute Gasteiger partial charge is 0.548 e. The Morgan fingerprint density at radius 3 is 2.53 bits per heavy atom. The van der Waals surface area contributed by atoms with Crippen LogP contribution in [0.3, 0.4) is 0 Å². The molecule has 0 spiro atoms. The Morgan fingerprint density at radius 2 is 2.12 bits per heavy atom. The Hall–Kier alpha value is -0.0636. The zero-order chi connectivity index (χ0) is 12.6. The second-order valence-electron chi connectivity index (χ2n) is 3.55. The molecule has 2 amide bonds. The maximum atomic E-state index is 11.6. The minimum Gasteiger partial charge on any atom is -0.548 e. The predicted molar refractivity (Wildman–Crippen MR) is 58.3 cm³/mol. The summed E-state index contributed by atoms with van der Waals surface area (Å²) in [5, 5.41) is 13.1. The van der Waals surface area contributed by atoms with Crippen LogP contribution in [0.1, 0.15) is 26.7 Å². The molecule has 1 atom stereocenters. The Bertz CT molecular complexity index is 289. The molecule has 0 aromatic heterocycles. The van der Waals surface area contributed by atoms with Crippen molar-refractivity contribution in [2.75, 3.05) is 13.1 Å². The van der Waals surface area contributed by atoms with Crippen molar-refractivity contribution in [3.05, 3.63) is 0 Å². The van der Waals surface area contributed by atoms with Crippen LogP contribution in [0.25, 0.3) is 0 Å². The van der Waals surface area contributed by atoms with Gasteiger partial charge in [-0.2, -0.15) is 0 Å². The van der Waals surface area contributed by atoms with Crippen LogP contribution in [0.5, 0.6) is 0 Å². The Morgan fingerprint density at radius 1 is 1.53 bits per heavy atom. The Kier molecular flexibility index (Phi) is 12.5. The number of hydrogen-bond acceptors (Lipinski definition) is 3. The fourth-order valence-corrected chi connectivity index (χ4v) is 1.21. The average Bonchev–Trinajstić information content (AvgIpc) is 2.16. The van der Waals surface area contributed by atoms with E-state index in [1.165, 1.54) is 4.90 Å². The molecule has 0 aromatic carbocycles. The number of carboxylic acid groups (broad SMARTS) is 1. The Labute approximate surface area is 145 Å². The van der Waals surface area contributed by atoms with Gasteiger partial charge in [0.25, 0.3) is 0 Å². The van der Waals surface area contributed by atoms with Gasteiger partial charge in [-0.25, -0.2) is 4.79 Å². The predicted octanol–water partition coefficient (Wildman–Crippen LogP) is -3.43. The number of carboxylic acids is 1. The van der Waals surface area contributed by atoms with Gasteiger partial charge in [-0.3, -0.25) is 0 Å². The van der Waals surface area contributed by atoms with E-state index < -0.39 is 18.5 Å². The van der Waals surface area contributed by atoms with Crippen LogP contribution < -0.4 is 61.8 Å². The molecular weight excluding hydrogens is 247 g/mol. The molecule has 0 heterocycles. The van der Waals surface area contributed by atoms with Crippen LogP contribution in [0, 0.1) is 12.3 Å². The quantitative estimate of drug-likeness (QED) is 0.401. The van der Waals surface area contributed by atoms with Crippen molar-refractivity contribution < 1.29 is 66.1 Å². The first kappa shape index (κ1) is 19.3. The van der Waals surface area contributed by atoms with Gasteiger partial charge in [0.2, 0.25) is 0 Å². The zero-order valence-corrected chi connectivity index (χ0v) is 13.8. The molecule has 17 heavy (non-hydrogen) atoms. The van der Waals surface area contributed by atoms with Crippen molar-refractivity contribution >= 4 is 12.0 Å². The molecule has 0 rings (SSSR count). The largest absolute Gasteiger partial charge is 1.00 e. The zero-order valence-electron chi connectivity index (χ0n) is 10.7. The summed E-state index contributed by atoms with van der Waals surface area (Å²) in [6.45, 7) is 3.60. The normalized spacial score (nSPS) is 10.6. The number of hydrogen-bond donors (Lipinski definition) is 1. The molecule has 1 N–H and O–H groups in total. The maximum absolute atomic E-state index is 11.6. The van der Waals surface area contributed by atoms with Crippen molar-refractivity contribution in [3.8, 4) is 12.3 Å². The van der Waals surface area contributed by atoms with Gasteiger partial charge in [-0.1, -0.05) is 6.92 Å². The molecule has 5 nitrogen and oxygen atoms in total. The van der Waals surface area contributed by atoms with Gasteiger partial charge in [-0.05, 0) is 13.3 Å². The van der Waals surface area contributed by atoms with Gasteiger partial charge in [0.1, 0.15) is 0 Å². The fourth-order valence-electron chi connectivity index (χ4n) is 1.21. The van der Waals surface area contributed by atoms with Crippen LogP contribution in [0.2, 0.25) is 0 Å². The van der Waals surface area contributed by atoms with Crippen LogP contribution in [-0.2, 0) is 4.79 Å². The molecule has 0 radical (unpaired) electrons. The number of urea groups is 1. The molecule has 0 aliphatic heterocycles. The molecule has 0 aromatic rings. The summed E-state index contributed by atoms with van der Waals surface area (Å²) in [7, 11) is 0. The SMILES string of the molecule is C#CCC(C)NC(=O)N(CCC)CC(=O)[O-].[K+]. The first-order chi connectivity index (χ1) is 7.51. The second-order valence-corrected chi connectivity index (χ2v) is 3.55. The van der Waals surface area contributed by atoms with Crippen LogP contribution in [0.4, 0.5) is 4.79 Å². The van der Waals surface area contributed by atoms with Crippen molar-refractivity contribution in [2.24, 2.45) is 0 Å². The van der Waals surface area contributed by atoms with E-state index in [2.05, 4.69) is 11.2 Å².